The van der Waals surface area contributed by atoms with Gasteiger partial charge in [-0.15, -0.1) is 0 Å². The summed E-state index contributed by atoms with van der Waals surface area (Å²) in [7, 11) is -5.12. The summed E-state index contributed by atoms with van der Waals surface area (Å²) in [6, 6.07) is 0. The number of carbonyl (C=O) groups excluding carboxylic acids is 2. The van der Waals surface area contributed by atoms with Crippen LogP contribution in [0.5, 0.6) is 0 Å². The van der Waals surface area contributed by atoms with E-state index in [1.807, 2.05) is 0 Å². The molecule has 0 aliphatic heterocycles. The molecule has 0 amide bonds. The first kappa shape index (κ1) is 51.1. The van der Waals surface area contributed by atoms with Gasteiger partial charge in [-0.1, -0.05) is 115 Å². The zero-order chi connectivity index (χ0) is 40.7. The molecule has 0 aromatic heterocycles. The molecule has 55 heavy (non-hydrogen) atoms. The van der Waals surface area contributed by atoms with Gasteiger partial charge in [0.2, 0.25) is 0 Å². The minimum absolute atomic E-state index is 0.0787. The van der Waals surface area contributed by atoms with Crippen LogP contribution in [0.4, 0.5) is 0 Å². The van der Waals surface area contributed by atoms with E-state index in [0.29, 0.717) is 12.8 Å². The topological polar surface area (TPSA) is 210 Å². The lowest BCUT2D eigenvalue weighted by molar-refractivity contribution is -0.220. The number of hydrogen-bond donors (Lipinski definition) is 6. The number of unbranched alkanes of at least 4 members (excludes halogenated alkanes) is 15. The quantitative estimate of drug-likeness (QED) is 0.0170. The van der Waals surface area contributed by atoms with Gasteiger partial charge in [-0.25, -0.2) is 4.57 Å². The molecule has 0 saturated heterocycles. The van der Waals surface area contributed by atoms with Crippen LogP contribution in [-0.4, -0.2) is 98.3 Å². The number of ether oxygens (including phenoxy) is 2. The van der Waals surface area contributed by atoms with Crippen molar-refractivity contribution >= 4 is 19.8 Å². The van der Waals surface area contributed by atoms with Gasteiger partial charge in [0.25, 0.3) is 0 Å². The maximum absolute atomic E-state index is 12.8. The number of allylic oxidation sites excluding steroid dienone is 6. The van der Waals surface area contributed by atoms with Crippen LogP contribution in [0.1, 0.15) is 155 Å². The summed E-state index contributed by atoms with van der Waals surface area (Å²) < 4.78 is 33.4. The van der Waals surface area contributed by atoms with E-state index in [2.05, 4.69) is 50.3 Å². The predicted molar refractivity (Wildman–Crippen MR) is 212 cm³/mol. The van der Waals surface area contributed by atoms with Crippen LogP contribution in [0.25, 0.3) is 0 Å². The standard InChI is InChI=1S/C41H73O13P/c1-3-5-7-9-11-13-15-16-17-18-20-22-24-26-28-30-35(43)53-33(31-51-34(42)29-27-25-23-21-19-14-12-10-8-6-4-2)32-52-55(49,50)54-41-39(47)37(45)36(44)38(46)40(41)48/h10-13,16-17,33,36-41,44-48H,3-9,14-15,18-32H2,1-2H3,(H,49,50)/b12-10+,13-11+,17-16+/t33-,36?,37-,38?,39?,40?,41?/m1/s1. The van der Waals surface area contributed by atoms with Crippen molar-refractivity contribution in [1.29, 1.82) is 0 Å². The average molecular weight is 805 g/mol. The van der Waals surface area contributed by atoms with E-state index in [4.69, 9.17) is 18.5 Å². The Labute approximate surface area is 329 Å². The van der Waals surface area contributed by atoms with Crippen molar-refractivity contribution in [3.63, 3.8) is 0 Å². The normalized spacial score (nSPS) is 23.4. The number of aliphatic hydroxyl groups is 5. The molecule has 320 valence electrons. The van der Waals surface area contributed by atoms with Crippen LogP contribution < -0.4 is 0 Å². The number of hydrogen-bond acceptors (Lipinski definition) is 12. The molecule has 0 spiro atoms. The minimum atomic E-state index is -5.12. The molecule has 14 heteroatoms. The van der Waals surface area contributed by atoms with Crippen molar-refractivity contribution in [1.82, 2.24) is 0 Å². The summed E-state index contributed by atoms with van der Waals surface area (Å²) in [5.74, 6) is -1.13. The Morgan fingerprint density at radius 2 is 1.00 bits per heavy atom. The number of rotatable bonds is 33. The largest absolute Gasteiger partial charge is 0.472 e. The summed E-state index contributed by atoms with van der Waals surface area (Å²) in [5, 5.41) is 50.0. The molecule has 1 fully saturated rings. The van der Waals surface area contributed by atoms with Gasteiger partial charge in [0.1, 0.15) is 43.2 Å². The highest BCUT2D eigenvalue weighted by atomic mass is 31.2. The van der Waals surface area contributed by atoms with Crippen molar-refractivity contribution in [3.8, 4) is 0 Å². The second-order valence-corrected chi connectivity index (χ2v) is 15.9. The van der Waals surface area contributed by atoms with Gasteiger partial charge in [0.15, 0.2) is 6.10 Å². The number of aliphatic hydroxyl groups excluding tert-OH is 5. The molecule has 13 nitrogen and oxygen atoms in total. The Bertz CT molecular complexity index is 1110. The summed E-state index contributed by atoms with van der Waals surface area (Å²) in [5.41, 5.74) is 0. The molecule has 1 aliphatic rings. The molecule has 6 unspecified atom stereocenters. The van der Waals surface area contributed by atoms with E-state index < -0.39 is 75.7 Å². The van der Waals surface area contributed by atoms with Crippen LogP contribution in [0.2, 0.25) is 0 Å². The lowest BCUT2D eigenvalue weighted by Gasteiger charge is -2.41. The van der Waals surface area contributed by atoms with Gasteiger partial charge in [-0.3, -0.25) is 18.6 Å². The van der Waals surface area contributed by atoms with Gasteiger partial charge >= 0.3 is 19.8 Å². The maximum Gasteiger partial charge on any atom is 0.472 e. The fraction of sp³-hybridized carbons (Fsp3) is 0.805. The molecular formula is C41H73O13P. The molecule has 1 rings (SSSR count). The van der Waals surface area contributed by atoms with E-state index >= 15 is 0 Å². The lowest BCUT2D eigenvalue weighted by Crippen LogP contribution is -2.64. The van der Waals surface area contributed by atoms with Gasteiger partial charge in [0.05, 0.1) is 6.61 Å². The first-order valence-electron chi connectivity index (χ1n) is 20.8. The first-order chi connectivity index (χ1) is 26.4. The van der Waals surface area contributed by atoms with Crippen molar-refractivity contribution in [2.75, 3.05) is 13.2 Å². The van der Waals surface area contributed by atoms with Crippen LogP contribution in [0.15, 0.2) is 36.5 Å². The monoisotopic (exact) mass is 804 g/mol. The lowest BCUT2D eigenvalue weighted by atomic mass is 9.85. The van der Waals surface area contributed by atoms with E-state index in [1.165, 1.54) is 32.1 Å². The SMILES string of the molecule is CCCC/C=C/CCCCCCCC(=O)OC[C@H](COP(=O)(O)OC1C(O)C(O)C(O)[C@@H](O)C1O)OC(=O)CCCCCCC/C=C/C/C=C/CCCCC. The molecule has 0 aromatic rings. The van der Waals surface area contributed by atoms with Crippen molar-refractivity contribution < 1.29 is 63.1 Å². The van der Waals surface area contributed by atoms with E-state index in [-0.39, 0.29) is 12.8 Å². The van der Waals surface area contributed by atoms with Crippen molar-refractivity contribution in [2.45, 2.75) is 198 Å². The highest BCUT2D eigenvalue weighted by Gasteiger charge is 2.51. The Morgan fingerprint density at radius 1 is 0.564 bits per heavy atom. The Hall–Kier alpha value is -1.93. The third-order valence-corrected chi connectivity index (χ3v) is 10.4. The number of carbonyl (C=O) groups is 2. The third-order valence-electron chi connectivity index (χ3n) is 9.45. The molecule has 1 saturated carbocycles. The number of esters is 2. The molecule has 0 aromatic carbocycles. The fourth-order valence-electron chi connectivity index (χ4n) is 6.00. The Kier molecular flexibility index (Phi) is 29.8. The molecule has 1 aliphatic carbocycles. The first-order valence-corrected chi connectivity index (χ1v) is 22.3. The van der Waals surface area contributed by atoms with Crippen LogP contribution >= 0.6 is 7.82 Å². The zero-order valence-electron chi connectivity index (χ0n) is 33.5. The molecule has 8 atom stereocenters. The highest BCUT2D eigenvalue weighted by molar-refractivity contribution is 7.47. The smallest absolute Gasteiger partial charge is 0.462 e. The molecule has 0 heterocycles. The molecule has 6 N–H and O–H groups in total. The Balaban J connectivity index is 2.53. The Morgan fingerprint density at radius 3 is 1.55 bits per heavy atom. The van der Waals surface area contributed by atoms with Gasteiger partial charge in [-0.05, 0) is 64.2 Å². The van der Waals surface area contributed by atoms with Crippen molar-refractivity contribution in [3.05, 3.63) is 36.5 Å². The van der Waals surface area contributed by atoms with E-state index in [9.17, 15) is 44.6 Å². The van der Waals surface area contributed by atoms with Crippen molar-refractivity contribution in [2.24, 2.45) is 0 Å². The second kappa shape index (κ2) is 32.1. The highest BCUT2D eigenvalue weighted by Crippen LogP contribution is 2.47. The van der Waals surface area contributed by atoms with Gasteiger partial charge in [0, 0.05) is 12.8 Å². The summed E-state index contributed by atoms with van der Waals surface area (Å²) >= 11 is 0. The van der Waals surface area contributed by atoms with Crippen LogP contribution in [-0.2, 0) is 32.7 Å². The molecule has 0 bridgehead atoms. The summed E-state index contributed by atoms with van der Waals surface area (Å²) in [4.78, 5) is 35.5. The van der Waals surface area contributed by atoms with Crippen LogP contribution in [0, 0.1) is 0 Å². The molecule has 0 radical (unpaired) electrons. The zero-order valence-corrected chi connectivity index (χ0v) is 34.4. The van der Waals surface area contributed by atoms with E-state index in [0.717, 1.165) is 83.5 Å². The van der Waals surface area contributed by atoms with E-state index in [1.54, 1.807) is 0 Å². The second-order valence-electron chi connectivity index (χ2n) is 14.5. The number of phosphoric acid groups is 1. The minimum Gasteiger partial charge on any atom is -0.462 e. The summed E-state index contributed by atoms with van der Waals surface area (Å²) in [6.07, 6.45) is 20.7. The van der Waals surface area contributed by atoms with Gasteiger partial charge < -0.3 is 39.9 Å². The molecular weight excluding hydrogens is 731 g/mol. The average Bonchev–Trinajstić information content (AvgIpc) is 3.16. The third kappa shape index (κ3) is 25.1. The van der Waals surface area contributed by atoms with Crippen LogP contribution in [0.3, 0.4) is 0 Å². The predicted octanol–water partition coefficient (Wildman–Crippen LogP) is 7.05. The maximum atomic E-state index is 12.8. The van der Waals surface area contributed by atoms with Gasteiger partial charge in [-0.2, -0.15) is 0 Å². The fourth-order valence-corrected chi connectivity index (χ4v) is 6.97. The number of phosphoric ester groups is 1. The summed E-state index contributed by atoms with van der Waals surface area (Å²) in [6.45, 7) is 3.18.